The number of ether oxygens (including phenoxy) is 2. The zero-order valence-corrected chi connectivity index (χ0v) is 19.9. The van der Waals surface area contributed by atoms with Gasteiger partial charge >= 0.3 is 11.9 Å². The quantitative estimate of drug-likeness (QED) is 0.298. The molecule has 9 nitrogen and oxygen atoms in total. The van der Waals surface area contributed by atoms with E-state index in [4.69, 9.17) is 14.6 Å². The van der Waals surface area contributed by atoms with Crippen LogP contribution in [0.4, 0.5) is 11.5 Å². The van der Waals surface area contributed by atoms with Gasteiger partial charge in [0, 0.05) is 23.7 Å². The van der Waals surface area contributed by atoms with Gasteiger partial charge < -0.3 is 25.2 Å². The van der Waals surface area contributed by atoms with Crippen molar-refractivity contribution in [2.75, 3.05) is 30.9 Å². The number of carboxylic acid groups (broad SMARTS) is 1. The lowest BCUT2D eigenvalue weighted by molar-refractivity contribution is -0.147. The first-order chi connectivity index (χ1) is 17.5. The molecule has 4 rings (SSSR count). The number of benzene rings is 3. The van der Waals surface area contributed by atoms with Crippen LogP contribution in [0, 0.1) is 0 Å². The number of aromatic nitrogens is 2. The van der Waals surface area contributed by atoms with Gasteiger partial charge in [-0.15, -0.1) is 0 Å². The molecule has 0 unspecified atom stereocenters. The molecule has 0 radical (unpaired) electrons. The van der Waals surface area contributed by atoms with E-state index in [1.165, 1.54) is 6.33 Å². The van der Waals surface area contributed by atoms with Crippen molar-refractivity contribution < 1.29 is 24.2 Å². The number of hydrogen-bond acceptors (Lipinski definition) is 7. The van der Waals surface area contributed by atoms with Crippen LogP contribution in [0.1, 0.15) is 12.5 Å². The molecule has 0 aliphatic carbocycles. The van der Waals surface area contributed by atoms with Crippen molar-refractivity contribution in [3.63, 3.8) is 0 Å². The van der Waals surface area contributed by atoms with E-state index in [0.717, 1.165) is 34.1 Å². The topological polar surface area (TPSA) is 123 Å². The fourth-order valence-corrected chi connectivity index (χ4v) is 3.93. The zero-order valence-electron chi connectivity index (χ0n) is 19.9. The van der Waals surface area contributed by atoms with Gasteiger partial charge in [0.15, 0.2) is 0 Å². The van der Waals surface area contributed by atoms with E-state index in [9.17, 15) is 9.59 Å². The summed E-state index contributed by atoms with van der Waals surface area (Å²) in [6.45, 7) is 2.77. The van der Waals surface area contributed by atoms with Crippen LogP contribution >= 0.6 is 0 Å². The van der Waals surface area contributed by atoms with Crippen LogP contribution in [-0.4, -0.2) is 47.2 Å². The molecule has 0 bridgehead atoms. The minimum absolute atomic E-state index is 0.268. The Morgan fingerprint density at radius 2 is 1.83 bits per heavy atom. The number of anilines is 2. The fraction of sp³-hybridized carbons (Fsp3) is 0.185. The van der Waals surface area contributed by atoms with Gasteiger partial charge in [-0.25, -0.2) is 14.8 Å². The molecule has 9 heteroatoms. The van der Waals surface area contributed by atoms with Crippen LogP contribution in [0.5, 0.6) is 11.5 Å². The monoisotopic (exact) mass is 486 g/mol. The number of rotatable bonds is 9. The number of carboxylic acids is 1. The summed E-state index contributed by atoms with van der Waals surface area (Å²) < 4.78 is 11.2. The predicted molar refractivity (Wildman–Crippen MR) is 138 cm³/mol. The van der Waals surface area contributed by atoms with Crippen LogP contribution in [0.15, 0.2) is 67.0 Å². The normalized spacial score (nSPS) is 10.6. The average molecular weight is 487 g/mol. The van der Waals surface area contributed by atoms with E-state index in [1.807, 2.05) is 24.3 Å². The number of nitrogens with one attached hydrogen (secondary N) is 2. The summed E-state index contributed by atoms with van der Waals surface area (Å²) in [5.74, 6) is -0.868. The Hall–Kier alpha value is -4.66. The number of fused-ring (bicyclic) bond motifs is 1. The predicted octanol–water partition coefficient (Wildman–Crippen LogP) is 4.38. The SMILES string of the molecule is CCOc1cc(-c2cc(NCCc3c(OC)ccc4ccccc34)ncn2)ccc1NC(=O)C(=O)O. The Balaban J connectivity index is 1.51. The van der Waals surface area contributed by atoms with Crippen molar-refractivity contribution in [1.29, 1.82) is 0 Å². The van der Waals surface area contributed by atoms with Crippen molar-refractivity contribution in [1.82, 2.24) is 9.97 Å². The molecule has 36 heavy (non-hydrogen) atoms. The Morgan fingerprint density at radius 1 is 1.00 bits per heavy atom. The summed E-state index contributed by atoms with van der Waals surface area (Å²) in [6.07, 6.45) is 2.20. The van der Waals surface area contributed by atoms with Crippen LogP contribution in [0.25, 0.3) is 22.0 Å². The fourth-order valence-electron chi connectivity index (χ4n) is 3.93. The first-order valence-electron chi connectivity index (χ1n) is 11.4. The molecule has 1 amide bonds. The van der Waals surface area contributed by atoms with Gasteiger partial charge in [-0.2, -0.15) is 0 Å². The highest BCUT2D eigenvalue weighted by molar-refractivity contribution is 6.36. The van der Waals surface area contributed by atoms with Crippen molar-refractivity contribution >= 4 is 34.2 Å². The molecular weight excluding hydrogens is 460 g/mol. The van der Waals surface area contributed by atoms with Gasteiger partial charge in [0.25, 0.3) is 0 Å². The maximum absolute atomic E-state index is 11.6. The molecule has 1 aromatic heterocycles. The maximum atomic E-state index is 11.6. The van der Waals surface area contributed by atoms with Gasteiger partial charge in [-0.05, 0) is 42.3 Å². The number of amides is 1. The van der Waals surface area contributed by atoms with E-state index in [1.54, 1.807) is 32.2 Å². The lowest BCUT2D eigenvalue weighted by Gasteiger charge is -2.14. The van der Waals surface area contributed by atoms with Crippen LogP contribution in [0.2, 0.25) is 0 Å². The van der Waals surface area contributed by atoms with Crippen LogP contribution in [0.3, 0.4) is 0 Å². The number of carbonyl (C=O) groups is 2. The molecule has 0 saturated carbocycles. The first kappa shape index (κ1) is 24.5. The van der Waals surface area contributed by atoms with Crippen molar-refractivity contribution in [3.05, 3.63) is 72.6 Å². The molecular formula is C27H26N4O5. The van der Waals surface area contributed by atoms with Gasteiger partial charge in [-0.1, -0.05) is 36.4 Å². The molecule has 0 spiro atoms. The van der Waals surface area contributed by atoms with Crippen molar-refractivity contribution in [2.45, 2.75) is 13.3 Å². The summed E-state index contributed by atoms with van der Waals surface area (Å²) in [4.78, 5) is 31.2. The summed E-state index contributed by atoms with van der Waals surface area (Å²) in [7, 11) is 1.67. The highest BCUT2D eigenvalue weighted by atomic mass is 16.5. The molecule has 1 heterocycles. The lowest BCUT2D eigenvalue weighted by Crippen LogP contribution is -2.22. The van der Waals surface area contributed by atoms with Gasteiger partial charge in [0.1, 0.15) is 23.6 Å². The van der Waals surface area contributed by atoms with Gasteiger partial charge in [-0.3, -0.25) is 4.79 Å². The molecule has 4 aromatic rings. The van der Waals surface area contributed by atoms with E-state index in [0.29, 0.717) is 30.4 Å². The number of hydrogen-bond donors (Lipinski definition) is 3. The largest absolute Gasteiger partial charge is 0.496 e. The first-order valence-corrected chi connectivity index (χ1v) is 11.4. The summed E-state index contributed by atoms with van der Waals surface area (Å²) >= 11 is 0. The zero-order chi connectivity index (χ0) is 25.5. The summed E-state index contributed by atoms with van der Waals surface area (Å²) in [5.41, 5.74) is 2.77. The third-order valence-electron chi connectivity index (χ3n) is 5.59. The molecule has 0 aliphatic rings. The van der Waals surface area contributed by atoms with Crippen molar-refractivity contribution in [2.24, 2.45) is 0 Å². The van der Waals surface area contributed by atoms with Gasteiger partial charge in [0.2, 0.25) is 0 Å². The third kappa shape index (κ3) is 5.52. The molecule has 0 fully saturated rings. The minimum atomic E-state index is -1.57. The van der Waals surface area contributed by atoms with Crippen molar-refractivity contribution in [3.8, 4) is 22.8 Å². The number of nitrogens with zero attached hydrogens (tertiary/aromatic N) is 2. The molecule has 3 N–H and O–H groups in total. The average Bonchev–Trinajstić information content (AvgIpc) is 2.90. The second-order valence-corrected chi connectivity index (χ2v) is 7.84. The number of carbonyl (C=O) groups excluding carboxylic acids is 1. The lowest BCUT2D eigenvalue weighted by atomic mass is 10.0. The summed E-state index contributed by atoms with van der Waals surface area (Å²) in [5, 5.41) is 16.9. The Kier molecular flexibility index (Phi) is 7.60. The maximum Gasteiger partial charge on any atom is 0.394 e. The Labute approximate surface area is 208 Å². The highest BCUT2D eigenvalue weighted by Gasteiger charge is 2.15. The number of methoxy groups -OCH3 is 1. The van der Waals surface area contributed by atoms with E-state index in [2.05, 4.69) is 38.8 Å². The van der Waals surface area contributed by atoms with E-state index >= 15 is 0 Å². The van der Waals surface area contributed by atoms with E-state index < -0.39 is 11.9 Å². The third-order valence-corrected chi connectivity index (χ3v) is 5.59. The minimum Gasteiger partial charge on any atom is -0.496 e. The highest BCUT2D eigenvalue weighted by Crippen LogP contribution is 2.31. The van der Waals surface area contributed by atoms with Crippen LogP contribution in [-0.2, 0) is 16.0 Å². The smallest absolute Gasteiger partial charge is 0.394 e. The molecule has 0 saturated heterocycles. The Bertz CT molecular complexity index is 1410. The molecule has 3 aromatic carbocycles. The molecule has 0 aliphatic heterocycles. The van der Waals surface area contributed by atoms with E-state index in [-0.39, 0.29) is 5.69 Å². The molecule has 184 valence electrons. The standard InChI is InChI=1S/C27H26N4O5/c1-3-36-24-14-18(8-10-21(24)31-26(32)27(33)34)22-15-25(30-16-29-22)28-13-12-20-19-7-5-4-6-17(19)9-11-23(20)35-2/h4-11,14-16H,3,12-13H2,1-2H3,(H,31,32)(H,33,34)(H,28,29,30). The molecule has 0 atom stereocenters. The number of aliphatic carboxylic acids is 1. The Morgan fingerprint density at radius 3 is 2.61 bits per heavy atom. The second-order valence-electron chi connectivity index (χ2n) is 7.84. The second kappa shape index (κ2) is 11.2. The van der Waals surface area contributed by atoms with Gasteiger partial charge in [0.05, 0.1) is 25.1 Å². The van der Waals surface area contributed by atoms with Crippen LogP contribution < -0.4 is 20.1 Å². The summed E-state index contributed by atoms with van der Waals surface area (Å²) in [6, 6.07) is 19.1.